The largest absolute Gasteiger partial charge is 0.278 e. The molecule has 0 spiro atoms. The van der Waals surface area contributed by atoms with Crippen LogP contribution in [0.4, 0.5) is 0 Å². The van der Waals surface area contributed by atoms with Crippen molar-refractivity contribution in [3.05, 3.63) is 0 Å². The summed E-state index contributed by atoms with van der Waals surface area (Å²) in [5.41, 5.74) is 0.200. The molecular formula is C7H17NO2. The zero-order valence-corrected chi connectivity index (χ0v) is 7.47. The number of nitrogens with zero attached hydrogens (tertiary/aromatic N) is 1. The minimum absolute atomic E-state index is 0.200. The second kappa shape index (κ2) is 3.91. The van der Waals surface area contributed by atoms with Crippen LogP contribution in [0.3, 0.4) is 0 Å². The molecule has 0 saturated carbocycles. The number of hydroxylamine groups is 2. The first-order valence-electron chi connectivity index (χ1n) is 3.35. The maximum atomic E-state index is 4.89. The second-order valence-corrected chi connectivity index (χ2v) is 3.42. The van der Waals surface area contributed by atoms with Crippen molar-refractivity contribution in [2.45, 2.75) is 20.8 Å². The van der Waals surface area contributed by atoms with Crippen molar-refractivity contribution in [2.75, 3.05) is 20.8 Å². The maximum Gasteiger partial charge on any atom is 0.0601 e. The molecule has 0 aromatic heterocycles. The first kappa shape index (κ1) is 9.88. The lowest BCUT2D eigenvalue weighted by molar-refractivity contribution is -0.350. The Morgan fingerprint density at radius 3 is 1.60 bits per heavy atom. The van der Waals surface area contributed by atoms with Gasteiger partial charge < -0.3 is 0 Å². The van der Waals surface area contributed by atoms with Crippen molar-refractivity contribution in [2.24, 2.45) is 5.41 Å². The van der Waals surface area contributed by atoms with Crippen LogP contribution in [0.1, 0.15) is 20.8 Å². The smallest absolute Gasteiger partial charge is 0.0601 e. The lowest BCUT2D eigenvalue weighted by Gasteiger charge is -2.25. The Bertz CT molecular complexity index is 84.1. The molecule has 0 unspecified atom stereocenters. The predicted molar refractivity (Wildman–Crippen MR) is 40.2 cm³/mol. The van der Waals surface area contributed by atoms with Crippen LogP contribution in [-0.4, -0.2) is 26.0 Å². The van der Waals surface area contributed by atoms with Crippen LogP contribution in [0.15, 0.2) is 0 Å². The Morgan fingerprint density at radius 2 is 1.50 bits per heavy atom. The summed E-state index contributed by atoms with van der Waals surface area (Å²) in [6.07, 6.45) is 0. The van der Waals surface area contributed by atoms with Gasteiger partial charge in [-0.1, -0.05) is 26.0 Å². The van der Waals surface area contributed by atoms with Crippen LogP contribution < -0.4 is 0 Å². The molecule has 0 fully saturated rings. The monoisotopic (exact) mass is 147 g/mol. The number of hydrogen-bond acceptors (Lipinski definition) is 3. The van der Waals surface area contributed by atoms with Crippen LogP contribution in [0.2, 0.25) is 0 Å². The minimum atomic E-state index is 0.200. The van der Waals surface area contributed by atoms with E-state index in [1.165, 1.54) is 5.23 Å². The van der Waals surface area contributed by atoms with Crippen LogP contribution >= 0.6 is 0 Å². The topological polar surface area (TPSA) is 21.7 Å². The summed E-state index contributed by atoms with van der Waals surface area (Å²) >= 11 is 0. The molecule has 0 heterocycles. The zero-order chi connectivity index (χ0) is 8.20. The van der Waals surface area contributed by atoms with E-state index in [1.54, 1.807) is 14.2 Å². The van der Waals surface area contributed by atoms with Gasteiger partial charge in [-0.25, -0.2) is 0 Å². The highest BCUT2D eigenvalue weighted by molar-refractivity contribution is 4.60. The van der Waals surface area contributed by atoms with E-state index in [0.717, 1.165) is 6.54 Å². The fourth-order valence-electron chi connectivity index (χ4n) is 0.591. The third-order valence-electron chi connectivity index (χ3n) is 1.01. The van der Waals surface area contributed by atoms with Gasteiger partial charge in [0, 0.05) is 0 Å². The third kappa shape index (κ3) is 4.73. The molecule has 0 bridgehead atoms. The highest BCUT2D eigenvalue weighted by Crippen LogP contribution is 2.14. The Kier molecular flexibility index (Phi) is 3.86. The molecule has 0 saturated heterocycles. The molecule has 0 aliphatic carbocycles. The standard InChI is InChI=1S/C7H17NO2/c1-7(2,3)6-8(9-4)10-5/h6H2,1-5H3. The summed E-state index contributed by atoms with van der Waals surface area (Å²) < 4.78 is 0. The Hall–Kier alpha value is -0.120. The van der Waals surface area contributed by atoms with Gasteiger partial charge in [-0.05, 0) is 5.41 Å². The van der Waals surface area contributed by atoms with E-state index < -0.39 is 0 Å². The van der Waals surface area contributed by atoms with Gasteiger partial charge in [0.1, 0.15) is 0 Å². The van der Waals surface area contributed by atoms with Gasteiger partial charge in [-0.15, -0.1) is 0 Å². The summed E-state index contributed by atoms with van der Waals surface area (Å²) in [4.78, 5) is 9.77. The summed E-state index contributed by atoms with van der Waals surface area (Å²) in [5.74, 6) is 0. The van der Waals surface area contributed by atoms with Crippen molar-refractivity contribution in [1.82, 2.24) is 5.23 Å². The minimum Gasteiger partial charge on any atom is -0.278 e. The summed E-state index contributed by atoms with van der Waals surface area (Å²) in [6, 6.07) is 0. The van der Waals surface area contributed by atoms with Crippen LogP contribution in [0, 0.1) is 5.41 Å². The average Bonchev–Trinajstić information content (AvgIpc) is 1.81. The van der Waals surface area contributed by atoms with Crippen LogP contribution in [0.25, 0.3) is 0 Å². The molecule has 0 radical (unpaired) electrons. The average molecular weight is 147 g/mol. The van der Waals surface area contributed by atoms with E-state index in [0.29, 0.717) is 0 Å². The van der Waals surface area contributed by atoms with Crippen molar-refractivity contribution in [3.63, 3.8) is 0 Å². The van der Waals surface area contributed by atoms with Gasteiger partial charge in [0.2, 0.25) is 0 Å². The summed E-state index contributed by atoms with van der Waals surface area (Å²) in [7, 11) is 3.18. The molecule has 0 aromatic carbocycles. The van der Waals surface area contributed by atoms with Gasteiger partial charge in [0.25, 0.3) is 0 Å². The summed E-state index contributed by atoms with van der Waals surface area (Å²) in [5, 5.41) is 1.46. The molecule has 0 aromatic rings. The van der Waals surface area contributed by atoms with Crippen LogP contribution in [-0.2, 0) is 9.68 Å². The van der Waals surface area contributed by atoms with Crippen LogP contribution in [0.5, 0.6) is 0 Å². The molecule has 62 valence electrons. The molecule has 0 aliphatic rings. The number of rotatable bonds is 3. The quantitative estimate of drug-likeness (QED) is 0.564. The Labute approximate surface area is 62.8 Å². The van der Waals surface area contributed by atoms with Gasteiger partial charge in [0.15, 0.2) is 0 Å². The van der Waals surface area contributed by atoms with Crippen molar-refractivity contribution >= 4 is 0 Å². The van der Waals surface area contributed by atoms with E-state index >= 15 is 0 Å². The highest BCUT2D eigenvalue weighted by atomic mass is 16.9. The first-order valence-corrected chi connectivity index (χ1v) is 3.35. The molecule has 0 amide bonds. The predicted octanol–water partition coefficient (Wildman–Crippen LogP) is 1.46. The Morgan fingerprint density at radius 1 is 1.10 bits per heavy atom. The van der Waals surface area contributed by atoms with Gasteiger partial charge in [-0.2, -0.15) is 0 Å². The van der Waals surface area contributed by atoms with Gasteiger partial charge in [0.05, 0.1) is 20.8 Å². The van der Waals surface area contributed by atoms with E-state index in [1.807, 2.05) is 0 Å². The fourth-order valence-corrected chi connectivity index (χ4v) is 0.591. The van der Waals surface area contributed by atoms with Gasteiger partial charge >= 0.3 is 0 Å². The molecule has 0 N–H and O–H groups in total. The zero-order valence-electron chi connectivity index (χ0n) is 7.47. The SMILES string of the molecule is CON(CC(C)(C)C)OC. The molecule has 10 heavy (non-hydrogen) atoms. The van der Waals surface area contributed by atoms with E-state index in [2.05, 4.69) is 20.8 Å². The number of hydrogen-bond donors (Lipinski definition) is 0. The van der Waals surface area contributed by atoms with Gasteiger partial charge in [-0.3, -0.25) is 9.68 Å². The van der Waals surface area contributed by atoms with Crippen molar-refractivity contribution in [1.29, 1.82) is 0 Å². The lowest BCUT2D eigenvalue weighted by Crippen LogP contribution is -2.30. The third-order valence-corrected chi connectivity index (χ3v) is 1.01. The maximum absolute atomic E-state index is 4.89. The first-order chi connectivity index (χ1) is 4.49. The van der Waals surface area contributed by atoms with Crippen molar-refractivity contribution < 1.29 is 9.68 Å². The van der Waals surface area contributed by atoms with E-state index in [4.69, 9.17) is 9.68 Å². The normalized spacial score (nSPS) is 12.6. The van der Waals surface area contributed by atoms with Crippen molar-refractivity contribution in [3.8, 4) is 0 Å². The molecule has 0 aliphatic heterocycles. The molecule has 3 heteroatoms. The Balaban J connectivity index is 3.63. The molecular weight excluding hydrogens is 130 g/mol. The lowest BCUT2D eigenvalue weighted by atomic mass is 9.97. The second-order valence-electron chi connectivity index (χ2n) is 3.42. The highest BCUT2D eigenvalue weighted by Gasteiger charge is 2.15. The van der Waals surface area contributed by atoms with E-state index in [-0.39, 0.29) is 5.41 Å². The molecule has 0 rings (SSSR count). The molecule has 0 atom stereocenters. The fraction of sp³-hybridized carbons (Fsp3) is 1.00. The molecule has 3 nitrogen and oxygen atoms in total. The van der Waals surface area contributed by atoms with E-state index in [9.17, 15) is 0 Å². The summed E-state index contributed by atoms with van der Waals surface area (Å²) in [6.45, 7) is 7.13.